The summed E-state index contributed by atoms with van der Waals surface area (Å²) in [4.78, 5) is 0. The van der Waals surface area contributed by atoms with E-state index in [4.69, 9.17) is 22.5 Å². The Balaban J connectivity index is 0.000000516. The lowest BCUT2D eigenvalue weighted by Gasteiger charge is -2.16. The Morgan fingerprint density at radius 3 is 1.14 bits per heavy atom. The van der Waals surface area contributed by atoms with Crippen molar-refractivity contribution in [2.45, 2.75) is 0 Å². The number of halogens is 2. The molecule has 0 amide bonds. The summed E-state index contributed by atoms with van der Waals surface area (Å²) in [5, 5.41) is 0. The molecule has 0 aromatic heterocycles. The molecular formula is C25H21Cl2P. The van der Waals surface area contributed by atoms with Crippen LogP contribution in [0.1, 0.15) is 0 Å². The first-order chi connectivity index (χ1) is 13.7. The van der Waals surface area contributed by atoms with Crippen LogP contribution in [-0.2, 0) is 0 Å². The fourth-order valence-corrected chi connectivity index (χ4v) is 3.18. The highest BCUT2D eigenvalue weighted by Gasteiger charge is 2.13. The summed E-state index contributed by atoms with van der Waals surface area (Å²) in [5.74, 6) is 0. The Hall–Kier alpha value is -2.11. The molecule has 4 aromatic rings. The molecule has 0 atom stereocenters. The molecule has 0 saturated carbocycles. The van der Waals surface area contributed by atoms with Gasteiger partial charge in [0.15, 0.2) is 0 Å². The Bertz CT molecular complexity index is 924. The number of benzene rings is 4. The molecule has 0 aliphatic carbocycles. The lowest BCUT2D eigenvalue weighted by atomic mass is 9.88. The van der Waals surface area contributed by atoms with Gasteiger partial charge in [-0.05, 0) is 40.0 Å². The first-order valence-electron chi connectivity index (χ1n) is 9.01. The molecule has 0 radical (unpaired) electrons. The van der Waals surface area contributed by atoms with Gasteiger partial charge in [0.1, 0.15) is 0 Å². The van der Waals surface area contributed by atoms with Gasteiger partial charge in [0.25, 0.3) is 0 Å². The third-order valence-corrected chi connectivity index (χ3v) is 4.30. The summed E-state index contributed by atoms with van der Waals surface area (Å²) in [6.45, 7) is 1.09. The van der Waals surface area contributed by atoms with Crippen molar-refractivity contribution < 1.29 is 0 Å². The van der Waals surface area contributed by atoms with Crippen LogP contribution < -0.4 is 0 Å². The first-order valence-corrected chi connectivity index (χ1v) is 12.6. The van der Waals surface area contributed by atoms with E-state index < -0.39 is 6.63 Å². The Morgan fingerprint density at radius 1 is 0.464 bits per heavy atom. The number of hydrogen-bond donors (Lipinski definition) is 0. The average Bonchev–Trinajstić information content (AvgIpc) is 2.75. The van der Waals surface area contributed by atoms with Gasteiger partial charge in [-0.25, -0.2) is 0 Å². The largest absolute Gasteiger partial charge is 0.0823 e. The summed E-state index contributed by atoms with van der Waals surface area (Å²) in [6, 6.07) is 38.4. The van der Waals surface area contributed by atoms with Gasteiger partial charge in [0.05, 0.1) is 6.63 Å². The van der Waals surface area contributed by atoms with Crippen LogP contribution in [0.25, 0.3) is 33.4 Å². The van der Waals surface area contributed by atoms with E-state index in [2.05, 4.69) is 109 Å². The van der Waals surface area contributed by atoms with Crippen molar-refractivity contribution in [2.24, 2.45) is 0 Å². The monoisotopic (exact) mass is 422 g/mol. The second kappa shape index (κ2) is 10.4. The second-order valence-corrected chi connectivity index (χ2v) is 10.6. The van der Waals surface area contributed by atoms with Crippen molar-refractivity contribution in [1.82, 2.24) is 0 Å². The third kappa shape index (κ3) is 5.46. The molecular weight excluding hydrogens is 402 g/mol. The molecule has 4 rings (SSSR count). The minimum Gasteiger partial charge on any atom is -0.0784 e. The van der Waals surface area contributed by atoms with E-state index in [1.165, 1.54) is 33.4 Å². The van der Waals surface area contributed by atoms with Crippen LogP contribution in [0.3, 0.4) is 0 Å². The molecule has 0 fully saturated rings. The lowest BCUT2D eigenvalue weighted by molar-refractivity contribution is 1.56. The molecule has 140 valence electrons. The van der Waals surface area contributed by atoms with Gasteiger partial charge in [-0.1, -0.05) is 132 Å². The van der Waals surface area contributed by atoms with Crippen molar-refractivity contribution >= 4 is 29.1 Å². The number of hydrogen-bond acceptors (Lipinski definition) is 0. The zero-order valence-electron chi connectivity index (χ0n) is 15.6. The maximum atomic E-state index is 5.10. The van der Waals surface area contributed by atoms with Crippen molar-refractivity contribution in [2.75, 3.05) is 6.66 Å². The Morgan fingerprint density at radius 2 is 0.786 bits per heavy atom. The van der Waals surface area contributed by atoms with Crippen LogP contribution in [0.15, 0.2) is 109 Å². The van der Waals surface area contributed by atoms with Gasteiger partial charge in [-0.2, -0.15) is 0 Å². The summed E-state index contributed by atoms with van der Waals surface area (Å²) in [7, 11) is 0. The molecule has 4 aromatic carbocycles. The predicted octanol–water partition coefficient (Wildman–Crippen LogP) is 9.09. The van der Waals surface area contributed by atoms with Crippen molar-refractivity contribution in [3.05, 3.63) is 109 Å². The summed E-state index contributed by atoms with van der Waals surface area (Å²) >= 11 is 10.2. The number of rotatable bonds is 3. The second-order valence-electron chi connectivity index (χ2n) is 6.23. The van der Waals surface area contributed by atoms with Crippen LogP contribution in [-0.4, -0.2) is 6.66 Å². The zero-order valence-corrected chi connectivity index (χ0v) is 18.0. The normalized spacial score (nSPS) is 10.3. The molecule has 3 heteroatoms. The van der Waals surface area contributed by atoms with Gasteiger partial charge >= 0.3 is 0 Å². The standard InChI is InChI=1S/C24H18.CH3Cl2P/c1-4-11-19(12-5-1)22-17-10-18-23(20-13-6-2-7-14-20)24(22)21-15-8-3-9-16-21;1-4(2)3/h1-18H;1H3. The van der Waals surface area contributed by atoms with Crippen LogP contribution in [0.2, 0.25) is 0 Å². The zero-order chi connectivity index (χ0) is 19.8. The SMILES string of the molecule is CP(Cl)Cl.c1ccc(-c2cccc(-c3ccccc3)c2-c2ccccc2)cc1. The highest BCUT2D eigenvalue weighted by Crippen LogP contribution is 2.41. The highest BCUT2D eigenvalue weighted by atomic mass is 35.9. The summed E-state index contributed by atoms with van der Waals surface area (Å²) in [5.41, 5.74) is 7.56. The fraction of sp³-hybridized carbons (Fsp3) is 0.0400. The van der Waals surface area contributed by atoms with E-state index in [0.29, 0.717) is 0 Å². The lowest BCUT2D eigenvalue weighted by Crippen LogP contribution is -1.90. The minimum absolute atomic E-state index is 0.676. The molecule has 0 bridgehead atoms. The summed E-state index contributed by atoms with van der Waals surface area (Å²) < 4.78 is 0. The topological polar surface area (TPSA) is 0 Å². The van der Waals surface area contributed by atoms with Crippen LogP contribution in [0.5, 0.6) is 0 Å². The van der Waals surface area contributed by atoms with E-state index in [9.17, 15) is 0 Å². The van der Waals surface area contributed by atoms with E-state index in [1.807, 2.05) is 0 Å². The van der Waals surface area contributed by atoms with Gasteiger partial charge < -0.3 is 0 Å². The van der Waals surface area contributed by atoms with E-state index in [0.717, 1.165) is 0 Å². The van der Waals surface area contributed by atoms with Gasteiger partial charge in [0, 0.05) is 0 Å². The quantitative estimate of drug-likeness (QED) is 0.288. The summed E-state index contributed by atoms with van der Waals surface area (Å²) in [6.07, 6.45) is 0. The third-order valence-electron chi connectivity index (χ3n) is 4.30. The van der Waals surface area contributed by atoms with Crippen molar-refractivity contribution in [1.29, 1.82) is 0 Å². The molecule has 0 aliphatic rings. The molecule has 0 nitrogen and oxygen atoms in total. The maximum Gasteiger partial charge on any atom is 0.0823 e. The van der Waals surface area contributed by atoms with Crippen LogP contribution >= 0.6 is 29.1 Å². The maximum absolute atomic E-state index is 5.10. The molecule has 0 saturated heterocycles. The van der Waals surface area contributed by atoms with Gasteiger partial charge in [0.2, 0.25) is 0 Å². The Kier molecular flexibility index (Phi) is 7.69. The van der Waals surface area contributed by atoms with Crippen LogP contribution in [0.4, 0.5) is 0 Å². The van der Waals surface area contributed by atoms with Crippen molar-refractivity contribution in [3.8, 4) is 33.4 Å². The predicted molar refractivity (Wildman–Crippen MR) is 127 cm³/mol. The Labute approximate surface area is 178 Å². The van der Waals surface area contributed by atoms with Gasteiger partial charge in [-0.3, -0.25) is 0 Å². The van der Waals surface area contributed by atoms with Crippen molar-refractivity contribution in [3.63, 3.8) is 0 Å². The first kappa shape index (κ1) is 20.6. The van der Waals surface area contributed by atoms with Crippen LogP contribution in [0, 0.1) is 0 Å². The molecule has 0 spiro atoms. The smallest absolute Gasteiger partial charge is 0.0784 e. The molecule has 0 aliphatic heterocycles. The van der Waals surface area contributed by atoms with E-state index in [1.54, 1.807) is 6.66 Å². The van der Waals surface area contributed by atoms with E-state index >= 15 is 0 Å². The average molecular weight is 423 g/mol. The molecule has 0 unspecified atom stereocenters. The van der Waals surface area contributed by atoms with Gasteiger partial charge in [-0.15, -0.1) is 0 Å². The molecule has 0 N–H and O–H groups in total. The minimum atomic E-state index is -0.676. The fourth-order valence-electron chi connectivity index (χ4n) is 3.18. The highest BCUT2D eigenvalue weighted by molar-refractivity contribution is 8.03. The molecule has 0 heterocycles. The van der Waals surface area contributed by atoms with E-state index in [-0.39, 0.29) is 0 Å². The molecule has 28 heavy (non-hydrogen) atoms.